The molecule has 158 valence electrons. The van der Waals surface area contributed by atoms with Gasteiger partial charge in [-0.05, 0) is 24.6 Å². The summed E-state index contributed by atoms with van der Waals surface area (Å²) in [6.07, 6.45) is 0.0136. The van der Waals surface area contributed by atoms with Crippen LogP contribution in [0.3, 0.4) is 0 Å². The molecule has 31 heavy (non-hydrogen) atoms. The summed E-state index contributed by atoms with van der Waals surface area (Å²) < 4.78 is 1.47. The molecule has 0 radical (unpaired) electrons. The molecular formula is C21H19N5O4S. The number of benzene rings is 2. The standard InChI is InChI=1S/C21H19N5O4S/c1-3-11-31-21-22-19(28)18-16-9-4-5-10-17(16)24(13(2)27)20(25(18)23-21)14-7-6-8-15(12-14)26(29)30/h4-10,12,20H,3,11H2,1-2H3. The van der Waals surface area contributed by atoms with Crippen molar-refractivity contribution < 1.29 is 19.5 Å². The zero-order valence-corrected chi connectivity index (χ0v) is 17.7. The van der Waals surface area contributed by atoms with Gasteiger partial charge in [0.2, 0.25) is 5.91 Å². The molecule has 4 rings (SSSR count). The normalized spacial score (nSPS) is 14.6. The smallest absolute Gasteiger partial charge is 0.293 e. The third-order valence-corrected chi connectivity index (χ3v) is 5.91. The van der Waals surface area contributed by atoms with Crippen molar-refractivity contribution in [3.63, 3.8) is 0 Å². The average Bonchev–Trinajstić information content (AvgIpc) is 2.76. The molecule has 0 aliphatic carbocycles. The number of rotatable bonds is 5. The van der Waals surface area contributed by atoms with Crippen LogP contribution in [0.2, 0.25) is 0 Å². The lowest BCUT2D eigenvalue weighted by Gasteiger charge is -2.32. The number of thioether (sulfide) groups is 1. The van der Waals surface area contributed by atoms with Gasteiger partial charge in [-0.3, -0.25) is 14.9 Å². The molecule has 1 aliphatic heterocycles. The first-order valence-electron chi connectivity index (χ1n) is 9.69. The minimum atomic E-state index is -0.862. The molecule has 0 bridgehead atoms. The lowest BCUT2D eigenvalue weighted by Crippen LogP contribution is -2.58. The summed E-state index contributed by atoms with van der Waals surface area (Å²) in [4.78, 5) is 29.3. The lowest BCUT2D eigenvalue weighted by atomic mass is 10.0. The van der Waals surface area contributed by atoms with E-state index in [2.05, 4.69) is 10.1 Å². The number of nitro benzene ring substituents is 1. The van der Waals surface area contributed by atoms with E-state index in [1.807, 2.05) is 6.92 Å². The van der Waals surface area contributed by atoms with Crippen LogP contribution >= 0.6 is 11.8 Å². The fourth-order valence-electron chi connectivity index (χ4n) is 3.63. The van der Waals surface area contributed by atoms with Crippen molar-refractivity contribution in [1.82, 2.24) is 10.1 Å². The van der Waals surface area contributed by atoms with Crippen molar-refractivity contribution in [3.05, 3.63) is 64.2 Å². The Bertz CT molecular complexity index is 1190. The molecule has 2 heterocycles. The van der Waals surface area contributed by atoms with E-state index in [1.54, 1.807) is 36.4 Å². The Balaban J connectivity index is 2.01. The minimum Gasteiger partial charge on any atom is -0.854 e. The Morgan fingerprint density at radius 2 is 2.03 bits per heavy atom. The van der Waals surface area contributed by atoms with Crippen LogP contribution in [-0.4, -0.2) is 26.7 Å². The van der Waals surface area contributed by atoms with E-state index in [-0.39, 0.29) is 17.3 Å². The SMILES string of the molecule is CCCSc1nc([O-])c2[n+](n1)C(c1cccc([N+](=O)[O-])c1)N(C(C)=O)c1ccccc1-2. The second-order valence-corrected chi connectivity index (χ2v) is 8.04. The van der Waals surface area contributed by atoms with Crippen LogP contribution < -0.4 is 14.7 Å². The number of nitrogens with zero attached hydrogens (tertiary/aromatic N) is 5. The van der Waals surface area contributed by atoms with Gasteiger partial charge in [0.25, 0.3) is 22.7 Å². The predicted molar refractivity (Wildman–Crippen MR) is 113 cm³/mol. The molecule has 0 saturated carbocycles. The average molecular weight is 437 g/mol. The van der Waals surface area contributed by atoms with Gasteiger partial charge in [0, 0.05) is 29.9 Å². The second kappa shape index (κ2) is 8.31. The Morgan fingerprint density at radius 3 is 2.74 bits per heavy atom. The third-order valence-electron chi connectivity index (χ3n) is 4.87. The molecule has 0 saturated heterocycles. The number of non-ortho nitro benzene ring substituents is 1. The number of carbonyl (C=O) groups excluding carboxylic acids is 1. The summed E-state index contributed by atoms with van der Waals surface area (Å²) in [6, 6.07) is 13.0. The van der Waals surface area contributed by atoms with Gasteiger partial charge in [0.15, 0.2) is 0 Å². The zero-order chi connectivity index (χ0) is 22.1. The topological polar surface area (TPSA) is 116 Å². The molecule has 1 amide bonds. The van der Waals surface area contributed by atoms with E-state index >= 15 is 0 Å². The molecule has 1 atom stereocenters. The van der Waals surface area contributed by atoms with Gasteiger partial charge in [-0.1, -0.05) is 41.6 Å². The fourth-order valence-corrected chi connectivity index (χ4v) is 4.31. The Kier molecular flexibility index (Phi) is 5.55. The van der Waals surface area contributed by atoms with E-state index in [1.165, 1.54) is 40.4 Å². The monoisotopic (exact) mass is 437 g/mol. The maximum absolute atomic E-state index is 13.0. The number of para-hydroxylation sites is 1. The molecule has 1 aliphatic rings. The molecule has 0 spiro atoms. The lowest BCUT2D eigenvalue weighted by molar-refractivity contribution is -0.764. The highest BCUT2D eigenvalue weighted by molar-refractivity contribution is 7.99. The largest absolute Gasteiger partial charge is 0.854 e. The van der Waals surface area contributed by atoms with Gasteiger partial charge in [0.1, 0.15) is 0 Å². The van der Waals surface area contributed by atoms with Crippen LogP contribution in [0.25, 0.3) is 11.3 Å². The van der Waals surface area contributed by atoms with Gasteiger partial charge < -0.3 is 5.11 Å². The first-order valence-corrected chi connectivity index (χ1v) is 10.7. The van der Waals surface area contributed by atoms with Gasteiger partial charge in [-0.15, -0.1) is 0 Å². The number of amides is 1. The number of anilines is 1. The van der Waals surface area contributed by atoms with E-state index in [0.717, 1.165) is 12.2 Å². The first kappa shape index (κ1) is 20.7. The Labute approximate surface area is 182 Å². The van der Waals surface area contributed by atoms with Crippen molar-refractivity contribution in [2.45, 2.75) is 31.6 Å². The van der Waals surface area contributed by atoms with Crippen molar-refractivity contribution >= 4 is 29.0 Å². The van der Waals surface area contributed by atoms with Crippen molar-refractivity contribution in [1.29, 1.82) is 0 Å². The molecule has 0 fully saturated rings. The maximum atomic E-state index is 13.0. The van der Waals surface area contributed by atoms with Crippen molar-refractivity contribution in [3.8, 4) is 17.1 Å². The maximum Gasteiger partial charge on any atom is 0.293 e. The quantitative estimate of drug-likeness (QED) is 0.261. The summed E-state index contributed by atoms with van der Waals surface area (Å²) >= 11 is 1.35. The van der Waals surface area contributed by atoms with Gasteiger partial charge in [-0.2, -0.15) is 0 Å². The highest BCUT2D eigenvalue weighted by Crippen LogP contribution is 2.41. The van der Waals surface area contributed by atoms with E-state index in [4.69, 9.17) is 0 Å². The number of hydrogen-bond donors (Lipinski definition) is 0. The van der Waals surface area contributed by atoms with Crippen LogP contribution in [0.4, 0.5) is 11.4 Å². The summed E-state index contributed by atoms with van der Waals surface area (Å²) in [7, 11) is 0. The Morgan fingerprint density at radius 1 is 1.26 bits per heavy atom. The van der Waals surface area contributed by atoms with E-state index in [9.17, 15) is 20.0 Å². The predicted octanol–water partition coefficient (Wildman–Crippen LogP) is 2.83. The number of hydrogen-bond acceptors (Lipinski definition) is 7. The molecule has 3 aromatic rings. The number of fused-ring (bicyclic) bond motifs is 3. The van der Waals surface area contributed by atoms with Crippen molar-refractivity contribution in [2.24, 2.45) is 0 Å². The molecular weight excluding hydrogens is 418 g/mol. The van der Waals surface area contributed by atoms with Crippen LogP contribution in [0.1, 0.15) is 32.0 Å². The van der Waals surface area contributed by atoms with Gasteiger partial charge >= 0.3 is 0 Å². The van der Waals surface area contributed by atoms with Crippen LogP contribution in [0, 0.1) is 10.1 Å². The Hall–Kier alpha value is -3.53. The highest BCUT2D eigenvalue weighted by atomic mass is 32.2. The number of aromatic nitrogens is 3. The van der Waals surface area contributed by atoms with Gasteiger partial charge in [0.05, 0.1) is 27.6 Å². The van der Waals surface area contributed by atoms with Crippen LogP contribution in [-0.2, 0) is 4.79 Å². The van der Waals surface area contributed by atoms with E-state index in [0.29, 0.717) is 22.0 Å². The minimum absolute atomic E-state index is 0.112. The second-order valence-electron chi connectivity index (χ2n) is 6.97. The summed E-state index contributed by atoms with van der Waals surface area (Å²) in [5.74, 6) is -0.0107. The zero-order valence-electron chi connectivity index (χ0n) is 16.9. The molecule has 1 unspecified atom stereocenters. The molecule has 0 N–H and O–H groups in total. The molecule has 9 nitrogen and oxygen atoms in total. The molecule has 1 aromatic heterocycles. The summed E-state index contributed by atoms with van der Waals surface area (Å²) in [5.41, 5.74) is 1.66. The van der Waals surface area contributed by atoms with E-state index < -0.39 is 17.0 Å². The van der Waals surface area contributed by atoms with Gasteiger partial charge in [-0.25, -0.2) is 9.88 Å². The number of nitro groups is 1. The fraction of sp³-hybridized carbons (Fsp3) is 0.238. The molecule has 10 heteroatoms. The summed E-state index contributed by atoms with van der Waals surface area (Å²) in [6.45, 7) is 3.43. The molecule has 2 aromatic carbocycles. The first-order chi connectivity index (χ1) is 14.9. The number of carbonyl (C=O) groups is 1. The van der Waals surface area contributed by atoms with Crippen molar-refractivity contribution in [2.75, 3.05) is 10.7 Å². The summed E-state index contributed by atoms with van der Waals surface area (Å²) in [5, 5.41) is 29.3. The highest BCUT2D eigenvalue weighted by Gasteiger charge is 2.44. The van der Waals surface area contributed by atoms with Crippen LogP contribution in [0.5, 0.6) is 5.88 Å². The van der Waals surface area contributed by atoms with Crippen LogP contribution in [0.15, 0.2) is 53.7 Å². The third kappa shape index (κ3) is 3.70.